The zero-order chi connectivity index (χ0) is 29.5. The van der Waals surface area contributed by atoms with Gasteiger partial charge in [-0.25, -0.2) is 0 Å². The Balaban J connectivity index is 1.37. The first-order valence-electron chi connectivity index (χ1n) is 13.7. The van der Waals surface area contributed by atoms with E-state index in [-0.39, 0.29) is 6.79 Å². The molecule has 1 aliphatic heterocycles. The van der Waals surface area contributed by atoms with Crippen molar-refractivity contribution in [1.82, 2.24) is 0 Å². The van der Waals surface area contributed by atoms with Gasteiger partial charge in [0.05, 0.1) is 35.5 Å². The van der Waals surface area contributed by atoms with Crippen molar-refractivity contribution >= 4 is 0 Å². The van der Waals surface area contributed by atoms with E-state index in [1.54, 1.807) is 35.5 Å². The Labute approximate surface area is 246 Å². The lowest BCUT2D eigenvalue weighted by molar-refractivity contribution is 0.171. The smallest absolute Gasteiger partial charge is 0.231 e. The number of hydrogen-bond donors (Lipinski definition) is 0. The summed E-state index contributed by atoms with van der Waals surface area (Å²) in [5.74, 6) is 5.88. The molecule has 220 valence electrons. The van der Waals surface area contributed by atoms with Crippen LogP contribution in [-0.2, 0) is 25.7 Å². The summed E-state index contributed by atoms with van der Waals surface area (Å²) in [5, 5.41) is 0. The molecule has 0 unspecified atom stereocenters. The van der Waals surface area contributed by atoms with Crippen LogP contribution in [0.25, 0.3) is 0 Å². The Morgan fingerprint density at radius 2 is 1.14 bits per heavy atom. The fraction of sp³-hybridized carbons (Fsp3) is 0.294. The summed E-state index contributed by atoms with van der Waals surface area (Å²) in [6.45, 7) is 0.193. The molecule has 0 saturated carbocycles. The molecule has 0 bridgehead atoms. The van der Waals surface area contributed by atoms with Crippen molar-refractivity contribution in [3.8, 4) is 51.7 Å². The van der Waals surface area contributed by atoms with E-state index in [0.717, 1.165) is 48.1 Å². The molecule has 0 radical (unpaired) electrons. The van der Waals surface area contributed by atoms with E-state index >= 15 is 0 Å². The molecule has 1 aliphatic rings. The Morgan fingerprint density at radius 1 is 0.524 bits per heavy atom. The highest BCUT2D eigenvalue weighted by Crippen LogP contribution is 2.43. The Morgan fingerprint density at radius 3 is 1.86 bits per heavy atom. The van der Waals surface area contributed by atoms with E-state index in [1.807, 2.05) is 54.6 Å². The molecule has 0 N–H and O–H groups in total. The Bertz CT molecular complexity index is 1530. The molecule has 4 aromatic carbocycles. The van der Waals surface area contributed by atoms with Crippen LogP contribution >= 0.6 is 0 Å². The summed E-state index contributed by atoms with van der Waals surface area (Å²) in [5.41, 5.74) is 4.38. The van der Waals surface area contributed by atoms with E-state index in [2.05, 4.69) is 12.1 Å². The SMILES string of the molecule is COc1cccc(CCc2cc(OC)cc(Oc3cc(CCc4cc(OC)c5c(c4)OCO5)cc(OC)c3OC)c2)c1. The van der Waals surface area contributed by atoms with Crippen molar-refractivity contribution in [2.45, 2.75) is 25.7 Å². The zero-order valence-electron chi connectivity index (χ0n) is 24.7. The van der Waals surface area contributed by atoms with Gasteiger partial charge in [-0.2, -0.15) is 0 Å². The monoisotopic (exact) mass is 572 g/mol. The molecule has 8 nitrogen and oxygen atoms in total. The summed E-state index contributed by atoms with van der Waals surface area (Å²) >= 11 is 0. The predicted molar refractivity (Wildman–Crippen MR) is 160 cm³/mol. The van der Waals surface area contributed by atoms with Gasteiger partial charge in [0.2, 0.25) is 18.3 Å². The van der Waals surface area contributed by atoms with E-state index in [4.69, 9.17) is 37.9 Å². The second kappa shape index (κ2) is 13.3. The molecule has 0 aromatic heterocycles. The Hall–Kier alpha value is -4.72. The lowest BCUT2D eigenvalue weighted by Gasteiger charge is -2.17. The molecular formula is C34H36O8. The van der Waals surface area contributed by atoms with Crippen molar-refractivity contribution in [3.05, 3.63) is 89.0 Å². The van der Waals surface area contributed by atoms with Crippen molar-refractivity contribution < 1.29 is 37.9 Å². The minimum Gasteiger partial charge on any atom is -0.497 e. The van der Waals surface area contributed by atoms with E-state index < -0.39 is 0 Å². The molecule has 0 atom stereocenters. The maximum absolute atomic E-state index is 6.44. The van der Waals surface area contributed by atoms with E-state index in [9.17, 15) is 0 Å². The van der Waals surface area contributed by atoms with Gasteiger partial charge in [-0.1, -0.05) is 12.1 Å². The van der Waals surface area contributed by atoms with Gasteiger partial charge in [0, 0.05) is 6.07 Å². The molecule has 1 heterocycles. The molecule has 0 saturated heterocycles. The second-order valence-electron chi connectivity index (χ2n) is 9.83. The van der Waals surface area contributed by atoms with Crippen LogP contribution in [0.15, 0.2) is 66.7 Å². The third kappa shape index (κ3) is 6.60. The second-order valence-corrected chi connectivity index (χ2v) is 9.83. The first-order chi connectivity index (χ1) is 20.5. The lowest BCUT2D eigenvalue weighted by atomic mass is 10.0. The molecule has 8 heteroatoms. The third-order valence-electron chi connectivity index (χ3n) is 7.16. The molecule has 0 amide bonds. The van der Waals surface area contributed by atoms with Crippen molar-refractivity contribution in [1.29, 1.82) is 0 Å². The minimum absolute atomic E-state index is 0.193. The molecular weight excluding hydrogens is 536 g/mol. The van der Waals surface area contributed by atoms with Crippen LogP contribution in [0.4, 0.5) is 0 Å². The number of fused-ring (bicyclic) bond motifs is 1. The molecule has 0 spiro atoms. The summed E-state index contributed by atoms with van der Waals surface area (Å²) in [4.78, 5) is 0. The first kappa shape index (κ1) is 28.8. The maximum atomic E-state index is 6.44. The van der Waals surface area contributed by atoms with Gasteiger partial charge in [-0.05, 0) is 96.5 Å². The van der Waals surface area contributed by atoms with Gasteiger partial charge < -0.3 is 37.9 Å². The van der Waals surface area contributed by atoms with Gasteiger partial charge in [0.25, 0.3) is 0 Å². The number of ether oxygens (including phenoxy) is 8. The summed E-state index contributed by atoms with van der Waals surface area (Å²) in [7, 11) is 8.19. The molecule has 4 aromatic rings. The van der Waals surface area contributed by atoms with Gasteiger partial charge in [0.1, 0.15) is 17.2 Å². The number of methoxy groups -OCH3 is 5. The van der Waals surface area contributed by atoms with Crippen LogP contribution in [0, 0.1) is 0 Å². The highest BCUT2D eigenvalue weighted by Gasteiger charge is 2.21. The standard InChI is InChI=1S/C34H36O8/c1-35-26-8-6-7-22(13-26)9-10-23-14-27(36-2)20-28(15-23)42-32-19-25(16-29(37-3)33(32)39-5)12-11-24-17-30(38-4)34-31(18-24)40-21-41-34/h6-8,13-20H,9-12,21H2,1-5H3. The van der Waals surface area contributed by atoms with Gasteiger partial charge >= 0.3 is 0 Å². The van der Waals surface area contributed by atoms with Gasteiger partial charge in [-0.15, -0.1) is 0 Å². The van der Waals surface area contributed by atoms with Crippen LogP contribution in [-0.4, -0.2) is 42.3 Å². The fourth-order valence-electron chi connectivity index (χ4n) is 5.02. The number of benzene rings is 4. The number of rotatable bonds is 13. The van der Waals surface area contributed by atoms with Crippen molar-refractivity contribution in [2.75, 3.05) is 42.3 Å². The largest absolute Gasteiger partial charge is 0.497 e. The number of aryl methyl sites for hydroxylation is 4. The quantitative estimate of drug-likeness (QED) is 0.173. The highest BCUT2D eigenvalue weighted by molar-refractivity contribution is 5.57. The van der Waals surface area contributed by atoms with Crippen LogP contribution in [0.3, 0.4) is 0 Å². The predicted octanol–water partition coefficient (Wildman–Crippen LogP) is 6.82. The van der Waals surface area contributed by atoms with Crippen LogP contribution in [0.2, 0.25) is 0 Å². The third-order valence-corrected chi connectivity index (χ3v) is 7.16. The van der Waals surface area contributed by atoms with Crippen LogP contribution in [0.1, 0.15) is 22.3 Å². The van der Waals surface area contributed by atoms with Gasteiger partial charge in [-0.3, -0.25) is 0 Å². The van der Waals surface area contributed by atoms with E-state index in [1.165, 1.54) is 5.56 Å². The maximum Gasteiger partial charge on any atom is 0.231 e. The zero-order valence-corrected chi connectivity index (χ0v) is 24.7. The number of hydrogen-bond acceptors (Lipinski definition) is 8. The van der Waals surface area contributed by atoms with E-state index in [0.29, 0.717) is 46.0 Å². The van der Waals surface area contributed by atoms with Crippen molar-refractivity contribution in [2.24, 2.45) is 0 Å². The average Bonchev–Trinajstić information content (AvgIpc) is 3.51. The average molecular weight is 573 g/mol. The normalized spacial score (nSPS) is 11.6. The fourth-order valence-corrected chi connectivity index (χ4v) is 5.02. The van der Waals surface area contributed by atoms with Crippen molar-refractivity contribution in [3.63, 3.8) is 0 Å². The molecule has 5 rings (SSSR count). The summed E-state index contributed by atoms with van der Waals surface area (Å²) in [6, 6.07) is 22.0. The summed E-state index contributed by atoms with van der Waals surface area (Å²) < 4.78 is 45.4. The highest BCUT2D eigenvalue weighted by atomic mass is 16.7. The molecule has 42 heavy (non-hydrogen) atoms. The summed E-state index contributed by atoms with van der Waals surface area (Å²) in [6.07, 6.45) is 3.13. The lowest BCUT2D eigenvalue weighted by Crippen LogP contribution is -2.00. The van der Waals surface area contributed by atoms with Crippen LogP contribution < -0.4 is 37.9 Å². The van der Waals surface area contributed by atoms with Crippen LogP contribution in [0.5, 0.6) is 51.7 Å². The molecule has 0 aliphatic carbocycles. The topological polar surface area (TPSA) is 73.8 Å². The minimum atomic E-state index is 0.193. The first-order valence-corrected chi connectivity index (χ1v) is 13.7. The van der Waals surface area contributed by atoms with Gasteiger partial charge in [0.15, 0.2) is 23.0 Å². The molecule has 0 fully saturated rings. The Kier molecular flexibility index (Phi) is 9.12.